The molecule has 0 aliphatic carbocycles. The van der Waals surface area contributed by atoms with Crippen molar-refractivity contribution in [1.82, 2.24) is 0 Å². The lowest BCUT2D eigenvalue weighted by Gasteiger charge is -2.03. The molecule has 19 heavy (non-hydrogen) atoms. The maximum Gasteiger partial charge on any atom is 0.132 e. The Labute approximate surface area is 113 Å². The highest BCUT2D eigenvalue weighted by Crippen LogP contribution is 2.16. The second-order valence-electron chi connectivity index (χ2n) is 4.22. The Hall–Kier alpha value is -2.00. The molecule has 0 spiro atoms. The van der Waals surface area contributed by atoms with Crippen LogP contribution in [0.25, 0.3) is 0 Å². The molecule has 0 radical (unpaired) electrons. The monoisotopic (exact) mass is 258 g/mol. The lowest BCUT2D eigenvalue weighted by atomic mass is 10.2. The third kappa shape index (κ3) is 3.48. The lowest BCUT2D eigenvalue weighted by Crippen LogP contribution is -1.97. The topological polar surface area (TPSA) is 35.5 Å². The van der Waals surface area contributed by atoms with E-state index in [0.717, 1.165) is 35.5 Å². The van der Waals surface area contributed by atoms with Crippen LogP contribution in [-0.4, -0.2) is 0 Å². The van der Waals surface area contributed by atoms with Gasteiger partial charge in [0.2, 0.25) is 0 Å². The van der Waals surface area contributed by atoms with Crippen molar-refractivity contribution in [2.24, 2.45) is 0 Å². The zero-order valence-corrected chi connectivity index (χ0v) is 10.9. The number of hydrogen-bond acceptors (Lipinski definition) is 3. The van der Waals surface area contributed by atoms with Gasteiger partial charge in [-0.15, -0.1) is 13.2 Å². The SMILES string of the molecule is C=CCc1ccoc1COCc1occc1CC=C. The molecule has 0 saturated heterocycles. The molecule has 2 heterocycles. The van der Waals surface area contributed by atoms with Crippen LogP contribution in [0.5, 0.6) is 0 Å². The molecule has 0 aliphatic heterocycles. The quantitative estimate of drug-likeness (QED) is 0.670. The Balaban J connectivity index is 1.89. The van der Waals surface area contributed by atoms with Crippen LogP contribution in [0.2, 0.25) is 0 Å². The van der Waals surface area contributed by atoms with E-state index in [-0.39, 0.29) is 0 Å². The summed E-state index contributed by atoms with van der Waals surface area (Å²) < 4.78 is 16.4. The second kappa shape index (κ2) is 6.81. The summed E-state index contributed by atoms with van der Waals surface area (Å²) in [6.45, 7) is 8.32. The van der Waals surface area contributed by atoms with Crippen molar-refractivity contribution in [2.45, 2.75) is 26.1 Å². The Morgan fingerprint density at radius 1 is 0.895 bits per heavy atom. The van der Waals surface area contributed by atoms with Gasteiger partial charge in [0.25, 0.3) is 0 Å². The Morgan fingerprint density at radius 3 is 1.79 bits per heavy atom. The zero-order valence-electron chi connectivity index (χ0n) is 10.9. The van der Waals surface area contributed by atoms with Crippen LogP contribution in [0, 0.1) is 0 Å². The number of hydrogen-bond donors (Lipinski definition) is 0. The molecule has 0 fully saturated rings. The van der Waals surface area contributed by atoms with Crippen molar-refractivity contribution in [1.29, 1.82) is 0 Å². The lowest BCUT2D eigenvalue weighted by molar-refractivity contribution is 0.0792. The van der Waals surface area contributed by atoms with Crippen LogP contribution in [0.4, 0.5) is 0 Å². The highest BCUT2D eigenvalue weighted by molar-refractivity contribution is 5.20. The highest BCUT2D eigenvalue weighted by atomic mass is 16.5. The van der Waals surface area contributed by atoms with Gasteiger partial charge in [0.05, 0.1) is 12.5 Å². The first-order valence-electron chi connectivity index (χ1n) is 6.25. The smallest absolute Gasteiger partial charge is 0.132 e. The van der Waals surface area contributed by atoms with Crippen LogP contribution < -0.4 is 0 Å². The van der Waals surface area contributed by atoms with Gasteiger partial charge in [-0.3, -0.25) is 0 Å². The van der Waals surface area contributed by atoms with E-state index in [2.05, 4.69) is 13.2 Å². The van der Waals surface area contributed by atoms with Crippen molar-refractivity contribution in [3.8, 4) is 0 Å². The van der Waals surface area contributed by atoms with Crippen molar-refractivity contribution < 1.29 is 13.6 Å². The summed E-state index contributed by atoms with van der Waals surface area (Å²) in [6.07, 6.45) is 8.63. The van der Waals surface area contributed by atoms with Crippen LogP contribution >= 0.6 is 0 Å². The third-order valence-electron chi connectivity index (χ3n) is 2.87. The van der Waals surface area contributed by atoms with Gasteiger partial charge in [-0.2, -0.15) is 0 Å². The zero-order chi connectivity index (χ0) is 13.5. The van der Waals surface area contributed by atoms with Crippen LogP contribution in [0.15, 0.2) is 58.8 Å². The average Bonchev–Trinajstić information content (AvgIpc) is 3.01. The van der Waals surface area contributed by atoms with Crippen molar-refractivity contribution in [2.75, 3.05) is 0 Å². The summed E-state index contributed by atoms with van der Waals surface area (Å²) in [6, 6.07) is 3.88. The Kier molecular flexibility index (Phi) is 4.81. The molecule has 0 unspecified atom stereocenters. The molecular formula is C16H18O3. The van der Waals surface area contributed by atoms with Crippen molar-refractivity contribution in [3.05, 3.63) is 72.6 Å². The molecule has 2 aromatic heterocycles. The molecule has 2 rings (SSSR count). The summed E-state index contributed by atoms with van der Waals surface area (Å²) in [4.78, 5) is 0. The Bertz CT molecular complexity index is 485. The van der Waals surface area contributed by atoms with E-state index in [4.69, 9.17) is 13.6 Å². The molecule has 100 valence electrons. The predicted octanol–water partition coefficient (Wildman–Crippen LogP) is 4.05. The minimum atomic E-state index is 0.435. The number of ether oxygens (including phenoxy) is 1. The molecular weight excluding hydrogens is 240 g/mol. The summed E-state index contributed by atoms with van der Waals surface area (Å²) in [5.41, 5.74) is 2.22. The van der Waals surface area contributed by atoms with E-state index < -0.39 is 0 Å². The summed E-state index contributed by atoms with van der Waals surface area (Å²) in [5.74, 6) is 1.69. The summed E-state index contributed by atoms with van der Waals surface area (Å²) in [7, 11) is 0. The fourth-order valence-electron chi connectivity index (χ4n) is 1.90. The van der Waals surface area contributed by atoms with E-state index in [1.165, 1.54) is 0 Å². The van der Waals surface area contributed by atoms with Gasteiger partial charge in [-0.1, -0.05) is 12.2 Å². The van der Waals surface area contributed by atoms with E-state index in [1.54, 1.807) is 12.5 Å². The summed E-state index contributed by atoms with van der Waals surface area (Å²) >= 11 is 0. The summed E-state index contributed by atoms with van der Waals surface area (Å²) in [5, 5.41) is 0. The number of rotatable bonds is 8. The molecule has 0 amide bonds. The van der Waals surface area contributed by atoms with Crippen LogP contribution in [0.3, 0.4) is 0 Å². The van der Waals surface area contributed by atoms with E-state index in [1.807, 2.05) is 24.3 Å². The standard InChI is InChI=1S/C16H18O3/c1-3-5-13-7-9-18-15(13)11-17-12-16-14(6-4-2)8-10-19-16/h3-4,7-10H,1-2,5-6,11-12H2. The minimum Gasteiger partial charge on any atom is -0.467 e. The molecule has 0 aromatic carbocycles. The molecule has 0 N–H and O–H groups in total. The van der Waals surface area contributed by atoms with Gasteiger partial charge in [-0.25, -0.2) is 0 Å². The first kappa shape index (κ1) is 13.4. The third-order valence-corrected chi connectivity index (χ3v) is 2.87. The molecule has 0 aliphatic rings. The molecule has 3 heteroatoms. The fraction of sp³-hybridized carbons (Fsp3) is 0.250. The van der Waals surface area contributed by atoms with E-state index in [9.17, 15) is 0 Å². The normalized spacial score (nSPS) is 10.5. The van der Waals surface area contributed by atoms with Gasteiger partial charge in [0, 0.05) is 0 Å². The number of allylic oxidation sites excluding steroid dienone is 2. The Morgan fingerprint density at radius 2 is 1.37 bits per heavy atom. The van der Waals surface area contributed by atoms with Crippen LogP contribution in [-0.2, 0) is 30.8 Å². The van der Waals surface area contributed by atoms with Gasteiger partial charge in [-0.05, 0) is 36.1 Å². The van der Waals surface area contributed by atoms with E-state index >= 15 is 0 Å². The number of furan rings is 2. The largest absolute Gasteiger partial charge is 0.467 e. The molecule has 2 aromatic rings. The van der Waals surface area contributed by atoms with Gasteiger partial charge >= 0.3 is 0 Å². The maximum absolute atomic E-state index is 5.64. The molecule has 0 bridgehead atoms. The second-order valence-corrected chi connectivity index (χ2v) is 4.22. The highest BCUT2D eigenvalue weighted by Gasteiger charge is 2.08. The molecule has 0 saturated carbocycles. The van der Waals surface area contributed by atoms with Gasteiger partial charge in [0.15, 0.2) is 0 Å². The van der Waals surface area contributed by atoms with Gasteiger partial charge in [0.1, 0.15) is 24.7 Å². The first-order valence-corrected chi connectivity index (χ1v) is 6.25. The maximum atomic E-state index is 5.64. The predicted molar refractivity (Wildman–Crippen MR) is 73.7 cm³/mol. The molecule has 3 nitrogen and oxygen atoms in total. The van der Waals surface area contributed by atoms with Crippen molar-refractivity contribution in [3.63, 3.8) is 0 Å². The first-order chi connectivity index (χ1) is 9.35. The van der Waals surface area contributed by atoms with Gasteiger partial charge < -0.3 is 13.6 Å². The van der Waals surface area contributed by atoms with E-state index in [0.29, 0.717) is 13.2 Å². The van der Waals surface area contributed by atoms with Crippen LogP contribution in [0.1, 0.15) is 22.6 Å². The molecule has 0 atom stereocenters. The average molecular weight is 258 g/mol. The van der Waals surface area contributed by atoms with Crippen molar-refractivity contribution >= 4 is 0 Å². The minimum absolute atomic E-state index is 0.435. The fourth-order valence-corrected chi connectivity index (χ4v) is 1.90.